The quantitative estimate of drug-likeness (QED) is 0.718. The van der Waals surface area contributed by atoms with Gasteiger partial charge in [-0.2, -0.15) is 0 Å². The molecule has 1 rings (SSSR count). The van der Waals surface area contributed by atoms with E-state index in [1.165, 1.54) is 11.9 Å². The van der Waals surface area contributed by atoms with Gasteiger partial charge in [0.15, 0.2) is 0 Å². The standard InChI is InChI=1S/C8H15F3N2/c1-12-5-8(10,11)6-13-3-2-7(9)4-13/h7,12H,2-6H2,1H3. The van der Waals surface area contributed by atoms with Crippen LogP contribution in [0.2, 0.25) is 0 Å². The summed E-state index contributed by atoms with van der Waals surface area (Å²) in [6, 6.07) is 0. The van der Waals surface area contributed by atoms with E-state index in [9.17, 15) is 13.2 Å². The van der Waals surface area contributed by atoms with E-state index in [0.717, 1.165) is 0 Å². The molecule has 13 heavy (non-hydrogen) atoms. The first kappa shape index (κ1) is 10.8. The molecule has 0 aromatic heterocycles. The second-order valence-electron chi connectivity index (χ2n) is 3.51. The van der Waals surface area contributed by atoms with Gasteiger partial charge in [0, 0.05) is 13.1 Å². The van der Waals surface area contributed by atoms with E-state index in [1.807, 2.05) is 0 Å². The predicted octanol–water partition coefficient (Wildman–Crippen LogP) is 0.885. The topological polar surface area (TPSA) is 15.3 Å². The number of nitrogens with one attached hydrogen (secondary N) is 1. The van der Waals surface area contributed by atoms with Gasteiger partial charge in [0.1, 0.15) is 6.17 Å². The molecule has 1 unspecified atom stereocenters. The third-order valence-corrected chi connectivity index (χ3v) is 2.11. The van der Waals surface area contributed by atoms with Gasteiger partial charge in [-0.15, -0.1) is 0 Å². The van der Waals surface area contributed by atoms with Crippen molar-refractivity contribution in [3.63, 3.8) is 0 Å². The minimum atomic E-state index is -2.75. The summed E-state index contributed by atoms with van der Waals surface area (Å²) >= 11 is 0. The summed E-state index contributed by atoms with van der Waals surface area (Å²) in [6.07, 6.45) is -0.541. The van der Waals surface area contributed by atoms with Gasteiger partial charge in [0.2, 0.25) is 0 Å². The molecule has 0 radical (unpaired) electrons. The molecule has 78 valence electrons. The molecule has 1 atom stereocenters. The number of alkyl halides is 3. The number of nitrogens with zero attached hydrogens (tertiary/aromatic N) is 1. The minimum Gasteiger partial charge on any atom is -0.314 e. The summed E-state index contributed by atoms with van der Waals surface area (Å²) in [5.41, 5.74) is 0. The molecule has 0 spiro atoms. The molecule has 0 saturated carbocycles. The molecule has 1 aliphatic rings. The predicted molar refractivity (Wildman–Crippen MR) is 44.8 cm³/mol. The van der Waals surface area contributed by atoms with E-state index in [4.69, 9.17) is 0 Å². The number of rotatable bonds is 4. The zero-order valence-corrected chi connectivity index (χ0v) is 7.69. The van der Waals surface area contributed by atoms with E-state index >= 15 is 0 Å². The molecule has 0 bridgehead atoms. The van der Waals surface area contributed by atoms with Gasteiger partial charge in [0.25, 0.3) is 5.92 Å². The number of halogens is 3. The summed E-state index contributed by atoms with van der Waals surface area (Å²) < 4.78 is 38.6. The molecule has 1 heterocycles. The third-order valence-electron chi connectivity index (χ3n) is 2.11. The molecule has 0 aromatic rings. The van der Waals surface area contributed by atoms with Crippen LogP contribution in [0.4, 0.5) is 13.2 Å². The average Bonchev–Trinajstić information content (AvgIpc) is 2.34. The Bertz CT molecular complexity index is 163. The number of hydrogen-bond acceptors (Lipinski definition) is 2. The van der Waals surface area contributed by atoms with Gasteiger partial charge in [-0.05, 0) is 13.5 Å². The Morgan fingerprint density at radius 1 is 1.54 bits per heavy atom. The lowest BCUT2D eigenvalue weighted by atomic mass is 10.3. The second-order valence-corrected chi connectivity index (χ2v) is 3.51. The van der Waals surface area contributed by atoms with Crippen LogP contribution in [0, 0.1) is 0 Å². The van der Waals surface area contributed by atoms with Crippen LogP contribution in [0.1, 0.15) is 6.42 Å². The van der Waals surface area contributed by atoms with E-state index in [2.05, 4.69) is 5.32 Å². The molecule has 2 nitrogen and oxygen atoms in total. The Labute approximate surface area is 76.1 Å². The maximum atomic E-state index is 13.0. The summed E-state index contributed by atoms with van der Waals surface area (Å²) in [5, 5.41) is 2.42. The van der Waals surface area contributed by atoms with Crippen molar-refractivity contribution in [3.05, 3.63) is 0 Å². The Balaban J connectivity index is 2.30. The van der Waals surface area contributed by atoms with E-state index < -0.39 is 12.1 Å². The van der Waals surface area contributed by atoms with Crippen molar-refractivity contribution in [2.24, 2.45) is 0 Å². The fourth-order valence-corrected chi connectivity index (χ4v) is 1.57. The largest absolute Gasteiger partial charge is 0.314 e. The van der Waals surface area contributed by atoms with E-state index in [0.29, 0.717) is 13.0 Å². The first-order chi connectivity index (χ1) is 6.03. The van der Waals surface area contributed by atoms with Crippen LogP contribution < -0.4 is 5.32 Å². The van der Waals surface area contributed by atoms with Gasteiger partial charge in [-0.1, -0.05) is 0 Å². The van der Waals surface area contributed by atoms with Crippen molar-refractivity contribution in [2.45, 2.75) is 18.5 Å². The van der Waals surface area contributed by atoms with Gasteiger partial charge in [-0.25, -0.2) is 13.2 Å². The third kappa shape index (κ3) is 3.52. The molecule has 0 amide bonds. The van der Waals surface area contributed by atoms with Crippen LogP contribution in [0.3, 0.4) is 0 Å². The molecule has 1 fully saturated rings. The number of hydrogen-bond donors (Lipinski definition) is 1. The van der Waals surface area contributed by atoms with Crippen LogP contribution in [-0.4, -0.2) is 50.2 Å². The lowest BCUT2D eigenvalue weighted by Crippen LogP contribution is -2.42. The van der Waals surface area contributed by atoms with E-state index in [1.54, 1.807) is 0 Å². The molecule has 1 aliphatic heterocycles. The lowest BCUT2D eigenvalue weighted by Gasteiger charge is -2.22. The highest BCUT2D eigenvalue weighted by Crippen LogP contribution is 2.19. The highest BCUT2D eigenvalue weighted by Gasteiger charge is 2.34. The highest BCUT2D eigenvalue weighted by molar-refractivity contribution is 4.81. The molecule has 5 heteroatoms. The van der Waals surface area contributed by atoms with Gasteiger partial charge in [0.05, 0.1) is 13.1 Å². The zero-order chi connectivity index (χ0) is 9.90. The van der Waals surface area contributed by atoms with Crippen LogP contribution >= 0.6 is 0 Å². The minimum absolute atomic E-state index is 0.152. The van der Waals surface area contributed by atoms with E-state index in [-0.39, 0.29) is 19.6 Å². The Morgan fingerprint density at radius 3 is 2.69 bits per heavy atom. The maximum Gasteiger partial charge on any atom is 0.272 e. The monoisotopic (exact) mass is 196 g/mol. The van der Waals surface area contributed by atoms with Crippen LogP contribution in [0.5, 0.6) is 0 Å². The highest BCUT2D eigenvalue weighted by atomic mass is 19.3. The summed E-state index contributed by atoms with van der Waals surface area (Å²) in [4.78, 5) is 1.47. The molecule has 1 saturated heterocycles. The van der Waals surface area contributed by atoms with Crippen molar-refractivity contribution in [3.8, 4) is 0 Å². The molecular weight excluding hydrogens is 181 g/mol. The Hall–Kier alpha value is -0.290. The van der Waals surface area contributed by atoms with Gasteiger partial charge >= 0.3 is 0 Å². The SMILES string of the molecule is CNCC(F)(F)CN1CCC(F)C1. The molecule has 0 aromatic carbocycles. The normalized spacial score (nSPS) is 25.4. The van der Waals surface area contributed by atoms with Crippen molar-refractivity contribution in [1.29, 1.82) is 0 Å². The summed E-state index contributed by atoms with van der Waals surface area (Å²) in [6.45, 7) is -0.0888. The van der Waals surface area contributed by atoms with Crippen LogP contribution in [0.15, 0.2) is 0 Å². The van der Waals surface area contributed by atoms with Crippen molar-refractivity contribution in [1.82, 2.24) is 10.2 Å². The van der Waals surface area contributed by atoms with Crippen LogP contribution in [-0.2, 0) is 0 Å². The lowest BCUT2D eigenvalue weighted by molar-refractivity contribution is -0.0249. The van der Waals surface area contributed by atoms with Crippen molar-refractivity contribution in [2.75, 3.05) is 33.2 Å². The van der Waals surface area contributed by atoms with Crippen LogP contribution in [0.25, 0.3) is 0 Å². The van der Waals surface area contributed by atoms with Crippen molar-refractivity contribution < 1.29 is 13.2 Å². The smallest absolute Gasteiger partial charge is 0.272 e. The second kappa shape index (κ2) is 4.28. The number of likely N-dealkylation sites (tertiary alicyclic amines) is 1. The molecule has 1 N–H and O–H groups in total. The first-order valence-corrected chi connectivity index (χ1v) is 4.42. The zero-order valence-electron chi connectivity index (χ0n) is 7.69. The fourth-order valence-electron chi connectivity index (χ4n) is 1.57. The average molecular weight is 196 g/mol. The maximum absolute atomic E-state index is 13.0. The molecule has 0 aliphatic carbocycles. The summed E-state index contributed by atoms with van der Waals surface area (Å²) in [7, 11) is 1.48. The first-order valence-electron chi connectivity index (χ1n) is 4.42. The Kier molecular flexibility index (Phi) is 3.55. The van der Waals surface area contributed by atoms with Crippen molar-refractivity contribution >= 4 is 0 Å². The molecular formula is C8H15F3N2. The Morgan fingerprint density at radius 2 is 2.23 bits per heavy atom. The van der Waals surface area contributed by atoms with Gasteiger partial charge < -0.3 is 5.32 Å². The summed E-state index contributed by atoms with van der Waals surface area (Å²) in [5.74, 6) is -2.75. The fraction of sp³-hybridized carbons (Fsp3) is 1.00. The van der Waals surface area contributed by atoms with Gasteiger partial charge in [-0.3, -0.25) is 4.90 Å².